The number of carboxylic acids is 1. The number of carbonyl (C=O) groups excluding carboxylic acids is 1. The quantitative estimate of drug-likeness (QED) is 0.907. The summed E-state index contributed by atoms with van der Waals surface area (Å²) in [7, 11) is 0. The second kappa shape index (κ2) is 7.58. The van der Waals surface area contributed by atoms with E-state index in [2.05, 4.69) is 12.0 Å². The predicted octanol–water partition coefficient (Wildman–Crippen LogP) is 3.27. The van der Waals surface area contributed by atoms with E-state index >= 15 is 0 Å². The number of amides is 1. The molecular formula is C19H29N3O3. The molecule has 2 fully saturated rings. The van der Waals surface area contributed by atoms with Crippen molar-refractivity contribution >= 4 is 11.9 Å². The molecule has 0 bridgehead atoms. The molecule has 1 aromatic rings. The molecule has 25 heavy (non-hydrogen) atoms. The topological polar surface area (TPSA) is 75.4 Å². The van der Waals surface area contributed by atoms with Gasteiger partial charge < -0.3 is 10.0 Å². The fourth-order valence-corrected chi connectivity index (χ4v) is 4.41. The van der Waals surface area contributed by atoms with Gasteiger partial charge in [0.15, 0.2) is 0 Å². The van der Waals surface area contributed by atoms with E-state index in [1.807, 2.05) is 9.58 Å². The van der Waals surface area contributed by atoms with Crippen molar-refractivity contribution in [1.82, 2.24) is 14.7 Å². The summed E-state index contributed by atoms with van der Waals surface area (Å²) in [5, 5.41) is 13.4. The molecule has 3 rings (SSSR count). The Morgan fingerprint density at radius 1 is 1.16 bits per heavy atom. The largest absolute Gasteiger partial charge is 0.478 e. The molecule has 1 saturated carbocycles. The van der Waals surface area contributed by atoms with Crippen molar-refractivity contribution in [2.24, 2.45) is 11.8 Å². The number of carbonyl (C=O) groups is 2. The van der Waals surface area contributed by atoms with Crippen LogP contribution < -0.4 is 0 Å². The van der Waals surface area contributed by atoms with Crippen LogP contribution in [0.2, 0.25) is 0 Å². The summed E-state index contributed by atoms with van der Waals surface area (Å²) in [4.78, 5) is 26.0. The first-order chi connectivity index (χ1) is 12.0. The number of carboxylic acid groups (broad SMARTS) is 1. The van der Waals surface area contributed by atoms with Crippen LogP contribution in [0.1, 0.15) is 74.0 Å². The van der Waals surface area contributed by atoms with Crippen LogP contribution >= 0.6 is 0 Å². The molecule has 0 atom stereocenters. The predicted molar refractivity (Wildman–Crippen MR) is 94.5 cm³/mol. The third-order valence-electron chi connectivity index (χ3n) is 6.17. The van der Waals surface area contributed by atoms with Gasteiger partial charge in [-0.15, -0.1) is 0 Å². The van der Waals surface area contributed by atoms with Gasteiger partial charge in [-0.1, -0.05) is 13.3 Å². The molecule has 138 valence electrons. The number of likely N-dealkylation sites (tertiary alicyclic amines) is 1. The Hall–Kier alpha value is -1.85. The number of rotatable bonds is 4. The molecule has 1 aliphatic heterocycles. The van der Waals surface area contributed by atoms with E-state index in [0.29, 0.717) is 11.6 Å². The van der Waals surface area contributed by atoms with Crippen molar-refractivity contribution in [3.63, 3.8) is 0 Å². The van der Waals surface area contributed by atoms with E-state index < -0.39 is 5.97 Å². The van der Waals surface area contributed by atoms with Gasteiger partial charge in [-0.05, 0) is 51.4 Å². The first-order valence-corrected chi connectivity index (χ1v) is 9.57. The Kier molecular flexibility index (Phi) is 5.45. The lowest BCUT2D eigenvalue weighted by molar-refractivity contribution is -0.138. The summed E-state index contributed by atoms with van der Waals surface area (Å²) >= 11 is 0. The number of hydrogen-bond donors (Lipinski definition) is 1. The van der Waals surface area contributed by atoms with Gasteiger partial charge in [0.2, 0.25) is 5.91 Å². The van der Waals surface area contributed by atoms with E-state index in [-0.39, 0.29) is 17.5 Å². The minimum atomic E-state index is -0.931. The Bertz CT molecular complexity index is 624. The maximum atomic E-state index is 12.8. The van der Waals surface area contributed by atoms with Crippen LogP contribution in [0.5, 0.6) is 0 Å². The Balaban J connectivity index is 1.55. The Morgan fingerprint density at radius 2 is 1.80 bits per heavy atom. The zero-order valence-electron chi connectivity index (χ0n) is 15.3. The van der Waals surface area contributed by atoms with Crippen LogP contribution in [0.4, 0.5) is 0 Å². The van der Waals surface area contributed by atoms with Gasteiger partial charge >= 0.3 is 5.97 Å². The molecule has 1 aliphatic carbocycles. The summed E-state index contributed by atoms with van der Waals surface area (Å²) < 4.78 is 1.83. The molecule has 1 saturated heterocycles. The molecule has 0 spiro atoms. The van der Waals surface area contributed by atoms with Gasteiger partial charge in [0.05, 0.1) is 17.9 Å². The van der Waals surface area contributed by atoms with Crippen LogP contribution in [0.15, 0.2) is 6.20 Å². The molecule has 6 nitrogen and oxygen atoms in total. The van der Waals surface area contributed by atoms with Crippen molar-refractivity contribution < 1.29 is 14.7 Å². The molecule has 2 aliphatic rings. The number of nitrogens with zero attached hydrogens (tertiary/aromatic N) is 3. The minimum absolute atomic E-state index is 0.188. The molecule has 6 heteroatoms. The zero-order valence-corrected chi connectivity index (χ0v) is 15.3. The average molecular weight is 347 g/mol. The smallest absolute Gasteiger partial charge is 0.339 e. The van der Waals surface area contributed by atoms with Crippen molar-refractivity contribution in [3.05, 3.63) is 17.5 Å². The highest BCUT2D eigenvalue weighted by Crippen LogP contribution is 2.33. The van der Waals surface area contributed by atoms with Crippen molar-refractivity contribution in [1.29, 1.82) is 0 Å². The molecule has 0 unspecified atom stereocenters. The van der Waals surface area contributed by atoms with E-state index in [4.69, 9.17) is 5.11 Å². The van der Waals surface area contributed by atoms with Crippen LogP contribution in [0.3, 0.4) is 0 Å². The monoisotopic (exact) mass is 347 g/mol. The molecule has 1 aromatic heterocycles. The second-order valence-electron chi connectivity index (χ2n) is 7.58. The van der Waals surface area contributed by atoms with Crippen LogP contribution in [-0.4, -0.2) is 44.8 Å². The van der Waals surface area contributed by atoms with Crippen LogP contribution in [0, 0.1) is 18.8 Å². The zero-order chi connectivity index (χ0) is 18.0. The van der Waals surface area contributed by atoms with E-state index in [1.165, 1.54) is 25.5 Å². The summed E-state index contributed by atoms with van der Waals surface area (Å²) in [5.41, 5.74) is 0.973. The lowest BCUT2D eigenvalue weighted by atomic mass is 9.80. The summed E-state index contributed by atoms with van der Waals surface area (Å²) in [5.74, 6) is 0.417. The summed E-state index contributed by atoms with van der Waals surface area (Å²) in [6.45, 7) is 5.54. The number of aromatic nitrogens is 2. The molecule has 0 radical (unpaired) electrons. The van der Waals surface area contributed by atoms with E-state index in [9.17, 15) is 9.59 Å². The van der Waals surface area contributed by atoms with Gasteiger partial charge in [-0.2, -0.15) is 5.10 Å². The fraction of sp³-hybridized carbons (Fsp3) is 0.737. The highest BCUT2D eigenvalue weighted by molar-refractivity contribution is 5.88. The Morgan fingerprint density at radius 3 is 2.32 bits per heavy atom. The van der Waals surface area contributed by atoms with Crippen LogP contribution in [0.25, 0.3) is 0 Å². The van der Waals surface area contributed by atoms with Crippen molar-refractivity contribution in [2.45, 2.75) is 64.8 Å². The number of hydrogen-bond acceptors (Lipinski definition) is 3. The van der Waals surface area contributed by atoms with E-state index in [0.717, 1.165) is 44.7 Å². The standard InChI is InChI=1S/C19H29N3O3/c1-3-14-4-6-15(7-5-14)18(23)21-10-8-16(9-11-21)22-13(2)17(12-20-22)19(24)25/h12,14-16H,3-11H2,1-2H3,(H,24,25). The lowest BCUT2D eigenvalue weighted by Crippen LogP contribution is -2.43. The Labute approximate surface area is 149 Å². The SMILES string of the molecule is CCC1CCC(C(=O)N2CCC(n3ncc(C(=O)O)c3C)CC2)CC1. The maximum absolute atomic E-state index is 12.8. The van der Waals surface area contributed by atoms with Crippen LogP contribution in [-0.2, 0) is 4.79 Å². The van der Waals surface area contributed by atoms with Crippen molar-refractivity contribution in [2.75, 3.05) is 13.1 Å². The highest BCUT2D eigenvalue weighted by Gasteiger charge is 2.32. The van der Waals surface area contributed by atoms with E-state index in [1.54, 1.807) is 6.92 Å². The van der Waals surface area contributed by atoms with Gasteiger partial charge in [0.1, 0.15) is 5.56 Å². The number of piperidine rings is 1. The van der Waals surface area contributed by atoms with Crippen molar-refractivity contribution in [3.8, 4) is 0 Å². The third-order valence-corrected chi connectivity index (χ3v) is 6.17. The summed E-state index contributed by atoms with van der Waals surface area (Å²) in [6.07, 6.45) is 8.81. The molecule has 1 amide bonds. The maximum Gasteiger partial charge on any atom is 0.339 e. The lowest BCUT2D eigenvalue weighted by Gasteiger charge is -2.36. The first kappa shape index (κ1) is 18.0. The average Bonchev–Trinajstić information content (AvgIpc) is 3.03. The fourth-order valence-electron chi connectivity index (χ4n) is 4.41. The molecule has 0 aromatic carbocycles. The minimum Gasteiger partial charge on any atom is -0.478 e. The highest BCUT2D eigenvalue weighted by atomic mass is 16.4. The first-order valence-electron chi connectivity index (χ1n) is 9.57. The number of aromatic carboxylic acids is 1. The van der Waals surface area contributed by atoms with Gasteiger partial charge in [-0.3, -0.25) is 9.48 Å². The van der Waals surface area contributed by atoms with Gasteiger partial charge in [-0.25, -0.2) is 4.79 Å². The molecule has 1 N–H and O–H groups in total. The third kappa shape index (κ3) is 3.72. The molecule has 2 heterocycles. The van der Waals surface area contributed by atoms with Gasteiger partial charge in [0, 0.05) is 19.0 Å². The normalized spacial score (nSPS) is 25.1. The van der Waals surface area contributed by atoms with Gasteiger partial charge in [0.25, 0.3) is 0 Å². The second-order valence-corrected chi connectivity index (χ2v) is 7.58. The summed E-state index contributed by atoms with van der Waals surface area (Å²) in [6, 6.07) is 0.188. The molecular weight excluding hydrogens is 318 g/mol.